The fraction of sp³-hybridized carbons (Fsp3) is 0.378. The molecule has 46 heavy (non-hydrogen) atoms. The minimum atomic E-state index is -1.07. The van der Waals surface area contributed by atoms with Crippen molar-refractivity contribution in [2.24, 2.45) is 17.8 Å². The molecule has 9 heteroatoms. The Bertz CT molecular complexity index is 1650. The molecule has 5 rings (SSSR count). The molecule has 1 heterocycles. The number of aliphatic hydroxyl groups is 3. The van der Waals surface area contributed by atoms with Crippen LogP contribution in [-0.4, -0.2) is 74.1 Å². The topological polar surface area (TPSA) is 156 Å². The number of carboxylic acids is 1. The molecule has 3 aromatic rings. The minimum Gasteiger partial charge on any atom is -0.507 e. The number of fused-ring (bicyclic) bond motifs is 2. The van der Waals surface area contributed by atoms with Gasteiger partial charge in [0.15, 0.2) is 0 Å². The molecule has 0 unspecified atom stereocenters. The molecule has 242 valence electrons. The molecule has 5 N–H and O–H groups in total. The molecule has 0 radical (unpaired) electrons. The molecule has 1 aliphatic heterocycles. The molecule has 0 aromatic heterocycles. The van der Waals surface area contributed by atoms with Crippen molar-refractivity contribution in [2.75, 3.05) is 19.8 Å². The Balaban J connectivity index is 1.38. The summed E-state index contributed by atoms with van der Waals surface area (Å²) in [6.07, 6.45) is 3.30. The lowest BCUT2D eigenvalue weighted by molar-refractivity contribution is -0.141. The lowest BCUT2D eigenvalue weighted by Gasteiger charge is -2.36. The number of aliphatic hydroxyl groups excluding tert-OH is 3. The number of phenols is 1. The van der Waals surface area contributed by atoms with Gasteiger partial charge in [-0.15, -0.1) is 0 Å². The molecule has 2 aliphatic rings. The number of carbonyl (C=O) groups is 3. The van der Waals surface area contributed by atoms with E-state index >= 15 is 0 Å². The average molecular weight is 628 g/mol. The zero-order valence-electron chi connectivity index (χ0n) is 25.7. The SMILES string of the molecule is O=C(O)CCCCCN1C(=O)[C@@H]2[C@@H](CC(CO)=C([C@H](O)CC/C(=C/c3ccc(O)c4ccccc34)c3ccccc3)[C@@H]2CO)C1=O. The van der Waals surface area contributed by atoms with Crippen LogP contribution in [0.1, 0.15) is 56.1 Å². The third-order valence-corrected chi connectivity index (χ3v) is 9.39. The normalized spacial score (nSPS) is 20.8. The number of phenolic OH excluding ortho intramolecular Hbond substituents is 1. The summed E-state index contributed by atoms with van der Waals surface area (Å²) in [5.74, 6) is -3.79. The monoisotopic (exact) mass is 627 g/mol. The van der Waals surface area contributed by atoms with E-state index in [1.807, 2.05) is 66.7 Å². The van der Waals surface area contributed by atoms with E-state index in [1.165, 1.54) is 4.90 Å². The van der Waals surface area contributed by atoms with Crippen LogP contribution in [0.3, 0.4) is 0 Å². The van der Waals surface area contributed by atoms with E-state index in [1.54, 1.807) is 6.07 Å². The van der Waals surface area contributed by atoms with Gasteiger partial charge in [-0.3, -0.25) is 19.3 Å². The number of hydrogen-bond acceptors (Lipinski definition) is 7. The van der Waals surface area contributed by atoms with Gasteiger partial charge < -0.3 is 25.5 Å². The maximum absolute atomic E-state index is 13.5. The first-order valence-corrected chi connectivity index (χ1v) is 15.9. The number of carboxylic acid groups (broad SMARTS) is 1. The van der Waals surface area contributed by atoms with E-state index in [2.05, 4.69) is 0 Å². The number of hydrogen-bond donors (Lipinski definition) is 5. The summed E-state index contributed by atoms with van der Waals surface area (Å²) in [5.41, 5.74) is 3.72. The number of benzene rings is 3. The highest BCUT2D eigenvalue weighted by Crippen LogP contribution is 2.46. The Morgan fingerprint density at radius 1 is 0.891 bits per heavy atom. The van der Waals surface area contributed by atoms with Gasteiger partial charge in [-0.1, -0.05) is 73.2 Å². The van der Waals surface area contributed by atoms with Crippen LogP contribution in [-0.2, 0) is 14.4 Å². The molecule has 9 nitrogen and oxygen atoms in total. The van der Waals surface area contributed by atoms with E-state index in [9.17, 15) is 34.8 Å². The molecule has 1 aliphatic carbocycles. The van der Waals surface area contributed by atoms with Crippen LogP contribution in [0.4, 0.5) is 0 Å². The van der Waals surface area contributed by atoms with Crippen LogP contribution in [0.2, 0.25) is 0 Å². The van der Waals surface area contributed by atoms with Crippen LogP contribution in [0, 0.1) is 17.8 Å². The number of likely N-dealkylation sites (tertiary alicyclic amines) is 1. The quantitative estimate of drug-likeness (QED) is 0.0741. The van der Waals surface area contributed by atoms with E-state index in [0.29, 0.717) is 36.8 Å². The Labute approximate surface area is 268 Å². The Hall–Kier alpha value is -4.31. The second-order valence-corrected chi connectivity index (χ2v) is 12.2. The molecule has 3 aromatic carbocycles. The first-order chi connectivity index (χ1) is 22.2. The maximum atomic E-state index is 13.5. The number of imide groups is 1. The number of nitrogens with zero attached hydrogens (tertiary/aromatic N) is 1. The number of aliphatic carboxylic acids is 1. The summed E-state index contributed by atoms with van der Waals surface area (Å²) in [6, 6.07) is 20.9. The van der Waals surface area contributed by atoms with Gasteiger partial charge in [-0.2, -0.15) is 0 Å². The zero-order valence-corrected chi connectivity index (χ0v) is 25.7. The van der Waals surface area contributed by atoms with Crippen LogP contribution in [0.25, 0.3) is 22.4 Å². The molecule has 2 amide bonds. The molecule has 0 saturated carbocycles. The van der Waals surface area contributed by atoms with Gasteiger partial charge in [0.05, 0.1) is 31.2 Å². The predicted octanol–water partition coefficient (Wildman–Crippen LogP) is 4.77. The van der Waals surface area contributed by atoms with Gasteiger partial charge in [0.1, 0.15) is 5.75 Å². The molecular formula is C37H41NO8. The van der Waals surface area contributed by atoms with Crippen LogP contribution >= 0.6 is 0 Å². The second kappa shape index (κ2) is 14.9. The Morgan fingerprint density at radius 3 is 2.30 bits per heavy atom. The number of carbonyl (C=O) groups excluding carboxylic acids is 2. The van der Waals surface area contributed by atoms with E-state index in [4.69, 9.17) is 5.11 Å². The van der Waals surface area contributed by atoms with E-state index in [-0.39, 0.29) is 37.5 Å². The smallest absolute Gasteiger partial charge is 0.303 e. The Morgan fingerprint density at radius 2 is 1.61 bits per heavy atom. The lowest BCUT2D eigenvalue weighted by Crippen LogP contribution is -2.39. The fourth-order valence-corrected chi connectivity index (χ4v) is 7.13. The van der Waals surface area contributed by atoms with Crippen molar-refractivity contribution in [3.05, 3.63) is 89.0 Å². The summed E-state index contributed by atoms with van der Waals surface area (Å²) in [7, 11) is 0. The number of allylic oxidation sites excluding steroid dienone is 1. The van der Waals surface area contributed by atoms with E-state index in [0.717, 1.165) is 27.5 Å². The lowest BCUT2D eigenvalue weighted by atomic mass is 9.68. The average Bonchev–Trinajstić information content (AvgIpc) is 3.31. The largest absolute Gasteiger partial charge is 0.507 e. The molecule has 1 saturated heterocycles. The van der Waals surface area contributed by atoms with Gasteiger partial charge in [0.2, 0.25) is 11.8 Å². The molecule has 1 fully saturated rings. The van der Waals surface area contributed by atoms with Gasteiger partial charge in [-0.25, -0.2) is 0 Å². The molecule has 0 spiro atoms. The number of amides is 2. The van der Waals surface area contributed by atoms with Gasteiger partial charge >= 0.3 is 5.97 Å². The predicted molar refractivity (Wildman–Crippen MR) is 174 cm³/mol. The fourth-order valence-electron chi connectivity index (χ4n) is 7.13. The van der Waals surface area contributed by atoms with Crippen LogP contribution in [0.5, 0.6) is 5.75 Å². The maximum Gasteiger partial charge on any atom is 0.303 e. The highest BCUT2D eigenvalue weighted by molar-refractivity contribution is 6.06. The zero-order chi connectivity index (χ0) is 32.8. The third-order valence-electron chi connectivity index (χ3n) is 9.39. The van der Waals surface area contributed by atoms with Crippen molar-refractivity contribution in [3.63, 3.8) is 0 Å². The van der Waals surface area contributed by atoms with Crippen LogP contribution in [0.15, 0.2) is 77.9 Å². The summed E-state index contributed by atoms with van der Waals surface area (Å²) in [6.45, 7) is -0.682. The van der Waals surface area contributed by atoms with Crippen molar-refractivity contribution in [1.82, 2.24) is 4.90 Å². The summed E-state index contributed by atoms with van der Waals surface area (Å²) in [4.78, 5) is 38.9. The summed E-state index contributed by atoms with van der Waals surface area (Å²) in [5, 5.41) is 53.4. The Kier molecular flexibility index (Phi) is 10.7. The van der Waals surface area contributed by atoms with Gasteiger partial charge in [-0.05, 0) is 71.4 Å². The number of unbranched alkanes of at least 4 members (excludes halogenated alkanes) is 2. The van der Waals surface area contributed by atoms with Crippen molar-refractivity contribution < 1.29 is 39.9 Å². The minimum absolute atomic E-state index is 0.0253. The number of aromatic hydroxyl groups is 1. The highest BCUT2D eigenvalue weighted by atomic mass is 16.4. The highest BCUT2D eigenvalue weighted by Gasteiger charge is 2.54. The summed E-state index contributed by atoms with van der Waals surface area (Å²) < 4.78 is 0. The molecule has 0 bridgehead atoms. The second-order valence-electron chi connectivity index (χ2n) is 12.2. The van der Waals surface area contributed by atoms with E-state index < -0.39 is 48.9 Å². The van der Waals surface area contributed by atoms with Crippen molar-refractivity contribution >= 4 is 40.2 Å². The van der Waals surface area contributed by atoms with Crippen LogP contribution < -0.4 is 0 Å². The van der Waals surface area contributed by atoms with Gasteiger partial charge in [0, 0.05) is 24.3 Å². The van der Waals surface area contributed by atoms with Crippen molar-refractivity contribution in [1.29, 1.82) is 0 Å². The number of rotatable bonds is 14. The summed E-state index contributed by atoms with van der Waals surface area (Å²) >= 11 is 0. The molecule has 4 atom stereocenters. The van der Waals surface area contributed by atoms with Crippen molar-refractivity contribution in [3.8, 4) is 5.75 Å². The first kappa shape index (κ1) is 33.1. The van der Waals surface area contributed by atoms with Gasteiger partial charge in [0.25, 0.3) is 0 Å². The third kappa shape index (κ3) is 6.92. The molecular weight excluding hydrogens is 586 g/mol. The van der Waals surface area contributed by atoms with Crippen molar-refractivity contribution in [2.45, 2.75) is 51.0 Å². The first-order valence-electron chi connectivity index (χ1n) is 15.9. The standard InChI is InChI=1S/C37H41NO8/c39-21-26-20-29-35(37(46)38(36(29)45)18-8-2-5-13-33(43)44)30(22-40)34(26)32(42)17-14-24(23-9-3-1-4-10-23)19-25-15-16-31(41)28-12-7-6-11-27(25)28/h1,3-4,6-7,9-12,15-16,19,29-30,32,35,39-42H,2,5,8,13-14,17-18,20-22H2,(H,43,44)/b24-19-/t29-,30+,32-,35-/m1/s1.